The Morgan fingerprint density at radius 2 is 2.16 bits per heavy atom. The molecule has 2 N–H and O–H groups in total. The molecule has 0 aliphatic rings. The van der Waals surface area contributed by atoms with Gasteiger partial charge in [-0.05, 0) is 55.3 Å². The van der Waals surface area contributed by atoms with Crippen molar-refractivity contribution in [1.29, 1.82) is 0 Å². The number of aryl methyl sites for hydroxylation is 1. The summed E-state index contributed by atoms with van der Waals surface area (Å²) in [7, 11) is 0. The smallest absolute Gasteiger partial charge is 0.130 e. The van der Waals surface area contributed by atoms with E-state index >= 15 is 0 Å². The van der Waals surface area contributed by atoms with E-state index < -0.39 is 0 Å². The zero-order valence-corrected chi connectivity index (χ0v) is 12.5. The summed E-state index contributed by atoms with van der Waals surface area (Å²) in [6.45, 7) is 3.12. The summed E-state index contributed by atoms with van der Waals surface area (Å²) in [4.78, 5) is 4.33. The van der Waals surface area contributed by atoms with Crippen molar-refractivity contribution in [2.45, 2.75) is 20.0 Å². The summed E-state index contributed by atoms with van der Waals surface area (Å²) < 4.78 is 6.91. The van der Waals surface area contributed by atoms with Gasteiger partial charge < -0.3 is 10.5 Å². The van der Waals surface area contributed by atoms with Gasteiger partial charge in [0.05, 0.1) is 5.69 Å². The molecule has 0 saturated heterocycles. The second-order valence-corrected chi connectivity index (χ2v) is 5.26. The molecule has 100 valence electrons. The topological polar surface area (TPSA) is 48.1 Å². The first-order chi connectivity index (χ1) is 9.20. The van der Waals surface area contributed by atoms with Crippen molar-refractivity contribution < 1.29 is 4.74 Å². The molecule has 19 heavy (non-hydrogen) atoms. The van der Waals surface area contributed by atoms with Gasteiger partial charge in [0.15, 0.2) is 0 Å². The first-order valence-electron chi connectivity index (χ1n) is 6.22. The molecule has 0 spiro atoms. The number of hydrogen-bond donors (Lipinski definition) is 1. The van der Waals surface area contributed by atoms with Crippen LogP contribution in [0.25, 0.3) is 0 Å². The fourth-order valence-electron chi connectivity index (χ4n) is 1.86. The lowest BCUT2D eigenvalue weighted by Gasteiger charge is -2.12. The summed E-state index contributed by atoms with van der Waals surface area (Å²) in [5.41, 5.74) is 8.84. The predicted molar refractivity (Wildman–Crippen MR) is 80.2 cm³/mol. The Balaban J connectivity index is 2.13. The zero-order valence-electron chi connectivity index (χ0n) is 10.9. The van der Waals surface area contributed by atoms with Crippen molar-refractivity contribution in [3.63, 3.8) is 0 Å². The molecule has 2 aromatic rings. The molecule has 1 aromatic heterocycles. The summed E-state index contributed by atoms with van der Waals surface area (Å²) >= 11 is 3.47. The SMILES string of the molecule is Cc1cccnc1COc1ccc(Br)cc1CCN. The van der Waals surface area contributed by atoms with Crippen molar-refractivity contribution in [2.24, 2.45) is 5.73 Å². The van der Waals surface area contributed by atoms with Crippen LogP contribution in [0.4, 0.5) is 0 Å². The third-order valence-corrected chi connectivity index (χ3v) is 3.41. The van der Waals surface area contributed by atoms with E-state index in [9.17, 15) is 0 Å². The molecule has 0 fully saturated rings. The number of benzene rings is 1. The van der Waals surface area contributed by atoms with Gasteiger partial charge in [-0.2, -0.15) is 0 Å². The summed E-state index contributed by atoms with van der Waals surface area (Å²) in [6, 6.07) is 9.95. The number of ether oxygens (including phenoxy) is 1. The molecule has 0 amide bonds. The first-order valence-corrected chi connectivity index (χ1v) is 7.02. The third-order valence-electron chi connectivity index (χ3n) is 2.92. The highest BCUT2D eigenvalue weighted by Crippen LogP contribution is 2.24. The fourth-order valence-corrected chi connectivity index (χ4v) is 2.26. The van der Waals surface area contributed by atoms with Gasteiger partial charge >= 0.3 is 0 Å². The highest BCUT2D eigenvalue weighted by molar-refractivity contribution is 9.10. The number of nitrogens with two attached hydrogens (primary N) is 1. The number of aromatic nitrogens is 1. The molecule has 0 radical (unpaired) electrons. The molecule has 0 aliphatic carbocycles. The van der Waals surface area contributed by atoms with E-state index in [-0.39, 0.29) is 0 Å². The lowest BCUT2D eigenvalue weighted by Crippen LogP contribution is -2.06. The highest BCUT2D eigenvalue weighted by Gasteiger charge is 2.06. The van der Waals surface area contributed by atoms with Crippen LogP contribution < -0.4 is 10.5 Å². The lowest BCUT2D eigenvalue weighted by molar-refractivity contribution is 0.297. The van der Waals surface area contributed by atoms with Crippen LogP contribution in [0.3, 0.4) is 0 Å². The number of rotatable bonds is 5. The standard InChI is InChI=1S/C15H17BrN2O/c1-11-3-2-8-18-14(11)10-19-15-5-4-13(16)9-12(15)6-7-17/h2-5,8-9H,6-7,10,17H2,1H3. The quantitative estimate of drug-likeness (QED) is 0.920. The van der Waals surface area contributed by atoms with Gasteiger partial charge in [0.25, 0.3) is 0 Å². The van der Waals surface area contributed by atoms with Gasteiger partial charge in [-0.3, -0.25) is 4.98 Å². The van der Waals surface area contributed by atoms with Gasteiger partial charge in [-0.15, -0.1) is 0 Å². The van der Waals surface area contributed by atoms with E-state index in [0.717, 1.165) is 33.5 Å². The van der Waals surface area contributed by atoms with E-state index in [2.05, 4.69) is 20.9 Å². The minimum absolute atomic E-state index is 0.478. The first kappa shape index (κ1) is 14.0. The number of halogens is 1. The van der Waals surface area contributed by atoms with Crippen LogP contribution in [0.1, 0.15) is 16.8 Å². The van der Waals surface area contributed by atoms with Crippen molar-refractivity contribution in [3.8, 4) is 5.75 Å². The molecule has 0 bridgehead atoms. The normalized spacial score (nSPS) is 10.5. The molecule has 0 saturated carbocycles. The van der Waals surface area contributed by atoms with Crippen molar-refractivity contribution >= 4 is 15.9 Å². The van der Waals surface area contributed by atoms with E-state index in [1.165, 1.54) is 0 Å². The van der Waals surface area contributed by atoms with E-state index in [1.807, 2.05) is 37.3 Å². The number of pyridine rings is 1. The Morgan fingerprint density at radius 3 is 2.89 bits per heavy atom. The van der Waals surface area contributed by atoms with Gasteiger partial charge in [-0.25, -0.2) is 0 Å². The van der Waals surface area contributed by atoms with Crippen LogP contribution in [-0.4, -0.2) is 11.5 Å². The lowest BCUT2D eigenvalue weighted by atomic mass is 10.1. The Labute approximate surface area is 121 Å². The Kier molecular flexibility index (Phi) is 4.93. The minimum Gasteiger partial charge on any atom is -0.487 e. The maximum atomic E-state index is 5.87. The average molecular weight is 321 g/mol. The van der Waals surface area contributed by atoms with Crippen LogP contribution in [0.2, 0.25) is 0 Å². The van der Waals surface area contributed by atoms with E-state index in [4.69, 9.17) is 10.5 Å². The van der Waals surface area contributed by atoms with Crippen LogP contribution in [0.15, 0.2) is 41.0 Å². The minimum atomic E-state index is 0.478. The van der Waals surface area contributed by atoms with Gasteiger partial charge in [0.1, 0.15) is 12.4 Å². The monoisotopic (exact) mass is 320 g/mol. The van der Waals surface area contributed by atoms with Gasteiger partial charge in [0.2, 0.25) is 0 Å². The molecular formula is C15H17BrN2O. The molecule has 0 unspecified atom stereocenters. The fraction of sp³-hybridized carbons (Fsp3) is 0.267. The van der Waals surface area contributed by atoms with Gasteiger partial charge in [-0.1, -0.05) is 22.0 Å². The van der Waals surface area contributed by atoms with Crippen LogP contribution in [0.5, 0.6) is 5.75 Å². The summed E-state index contributed by atoms with van der Waals surface area (Å²) in [5.74, 6) is 0.874. The van der Waals surface area contributed by atoms with Crippen LogP contribution >= 0.6 is 15.9 Å². The van der Waals surface area contributed by atoms with E-state index in [0.29, 0.717) is 13.2 Å². The molecule has 1 aromatic carbocycles. The second kappa shape index (κ2) is 6.68. The Morgan fingerprint density at radius 1 is 1.32 bits per heavy atom. The van der Waals surface area contributed by atoms with Crippen molar-refractivity contribution in [3.05, 3.63) is 57.8 Å². The van der Waals surface area contributed by atoms with Crippen LogP contribution in [0, 0.1) is 6.92 Å². The number of nitrogens with zero attached hydrogens (tertiary/aromatic N) is 1. The molecule has 2 rings (SSSR count). The summed E-state index contributed by atoms with van der Waals surface area (Å²) in [5, 5.41) is 0. The third kappa shape index (κ3) is 3.78. The summed E-state index contributed by atoms with van der Waals surface area (Å²) in [6.07, 6.45) is 2.59. The highest BCUT2D eigenvalue weighted by atomic mass is 79.9. The molecule has 3 nitrogen and oxygen atoms in total. The maximum absolute atomic E-state index is 5.87. The van der Waals surface area contributed by atoms with Crippen LogP contribution in [-0.2, 0) is 13.0 Å². The average Bonchev–Trinajstić information content (AvgIpc) is 2.40. The Hall–Kier alpha value is -1.39. The molecule has 4 heteroatoms. The molecule has 1 heterocycles. The number of hydrogen-bond acceptors (Lipinski definition) is 3. The van der Waals surface area contributed by atoms with Crippen molar-refractivity contribution in [1.82, 2.24) is 4.98 Å². The predicted octanol–water partition coefficient (Wildman–Crippen LogP) is 3.23. The maximum Gasteiger partial charge on any atom is 0.130 e. The van der Waals surface area contributed by atoms with Gasteiger partial charge in [0, 0.05) is 10.7 Å². The molecule has 0 atom stereocenters. The largest absolute Gasteiger partial charge is 0.487 e. The van der Waals surface area contributed by atoms with E-state index in [1.54, 1.807) is 6.20 Å². The molecule has 0 aliphatic heterocycles. The zero-order chi connectivity index (χ0) is 13.7. The Bertz CT molecular complexity index is 558. The van der Waals surface area contributed by atoms with Crippen molar-refractivity contribution in [2.75, 3.05) is 6.54 Å². The molecular weight excluding hydrogens is 304 g/mol. The second-order valence-electron chi connectivity index (χ2n) is 4.35.